The Morgan fingerprint density at radius 2 is 1.86 bits per heavy atom. The van der Waals surface area contributed by atoms with Gasteiger partial charge in [0.2, 0.25) is 5.91 Å². The van der Waals surface area contributed by atoms with Crippen molar-refractivity contribution in [3.63, 3.8) is 0 Å². The van der Waals surface area contributed by atoms with Crippen molar-refractivity contribution in [2.24, 2.45) is 0 Å². The van der Waals surface area contributed by atoms with Gasteiger partial charge in [0.15, 0.2) is 0 Å². The third kappa shape index (κ3) is 5.17. The first-order valence-corrected chi connectivity index (χ1v) is 9.44. The molecule has 2 atom stereocenters. The molecular weight excluding hydrogens is 372 g/mol. The van der Waals surface area contributed by atoms with Crippen molar-refractivity contribution in [2.45, 2.75) is 38.5 Å². The first-order valence-electron chi connectivity index (χ1n) is 9.44. The summed E-state index contributed by atoms with van der Waals surface area (Å²) in [5.41, 5.74) is 0.505. The van der Waals surface area contributed by atoms with Gasteiger partial charge >= 0.3 is 6.61 Å². The highest BCUT2D eigenvalue weighted by Crippen LogP contribution is 2.19. The van der Waals surface area contributed by atoms with Crippen LogP contribution in [0.15, 0.2) is 24.3 Å². The molecule has 2 aliphatic rings. The Hall–Kier alpha value is -2.26. The second-order valence-electron chi connectivity index (χ2n) is 6.93. The van der Waals surface area contributed by atoms with Gasteiger partial charge in [-0.05, 0) is 44.0 Å². The molecule has 9 heteroatoms. The zero-order chi connectivity index (χ0) is 20.1. The Morgan fingerprint density at radius 1 is 1.18 bits per heavy atom. The van der Waals surface area contributed by atoms with Gasteiger partial charge in [-0.3, -0.25) is 14.5 Å². The van der Waals surface area contributed by atoms with Crippen molar-refractivity contribution < 1.29 is 27.8 Å². The van der Waals surface area contributed by atoms with Gasteiger partial charge in [-0.1, -0.05) is 0 Å². The van der Waals surface area contributed by atoms with Gasteiger partial charge in [0.25, 0.3) is 5.91 Å². The van der Waals surface area contributed by atoms with E-state index in [2.05, 4.69) is 10.1 Å². The molecule has 2 heterocycles. The van der Waals surface area contributed by atoms with Gasteiger partial charge in [-0.25, -0.2) is 0 Å². The third-order valence-corrected chi connectivity index (χ3v) is 5.11. The SMILES string of the molecule is CC(C(=O)Nc1ccc(OC(F)F)cc1)N1CCN(C(=O)C2CCCO2)CC1. The van der Waals surface area contributed by atoms with E-state index in [0.717, 1.165) is 12.8 Å². The maximum Gasteiger partial charge on any atom is 0.387 e. The fourth-order valence-corrected chi connectivity index (χ4v) is 3.44. The Bertz CT molecular complexity index is 672. The molecule has 0 aromatic heterocycles. The van der Waals surface area contributed by atoms with Crippen molar-refractivity contribution in [3.8, 4) is 5.75 Å². The highest BCUT2D eigenvalue weighted by molar-refractivity contribution is 5.94. The summed E-state index contributed by atoms with van der Waals surface area (Å²) in [5.74, 6) is -0.116. The lowest BCUT2D eigenvalue weighted by molar-refractivity contribution is -0.143. The molecule has 3 rings (SSSR count). The van der Waals surface area contributed by atoms with Crippen LogP contribution in [0.3, 0.4) is 0 Å². The lowest BCUT2D eigenvalue weighted by Crippen LogP contribution is -2.55. The standard InChI is InChI=1S/C19H25F2N3O4/c1-13(17(25)22-14-4-6-15(7-5-14)28-19(20)21)23-8-10-24(11-9-23)18(26)16-3-2-12-27-16/h4-7,13,16,19H,2-3,8-12H2,1H3,(H,22,25). The molecule has 1 N–H and O–H groups in total. The second kappa shape index (κ2) is 9.29. The molecule has 0 radical (unpaired) electrons. The highest BCUT2D eigenvalue weighted by Gasteiger charge is 2.32. The number of amides is 2. The Labute approximate surface area is 162 Å². The van der Waals surface area contributed by atoms with Crippen molar-refractivity contribution in [1.29, 1.82) is 0 Å². The lowest BCUT2D eigenvalue weighted by Gasteiger charge is -2.38. The summed E-state index contributed by atoms with van der Waals surface area (Å²) in [6, 6.07) is 5.40. The minimum Gasteiger partial charge on any atom is -0.435 e. The highest BCUT2D eigenvalue weighted by atomic mass is 19.3. The topological polar surface area (TPSA) is 71.1 Å². The average molecular weight is 397 g/mol. The number of hydrogen-bond acceptors (Lipinski definition) is 5. The summed E-state index contributed by atoms with van der Waals surface area (Å²) < 4.78 is 34.1. The Balaban J connectivity index is 1.47. The van der Waals surface area contributed by atoms with E-state index in [9.17, 15) is 18.4 Å². The summed E-state index contributed by atoms with van der Waals surface area (Å²) >= 11 is 0. The predicted octanol–water partition coefficient (Wildman–Crippen LogP) is 1.94. The number of ether oxygens (including phenoxy) is 2. The van der Waals surface area contributed by atoms with Crippen LogP contribution in [0.25, 0.3) is 0 Å². The summed E-state index contributed by atoms with van der Waals surface area (Å²) in [5, 5.41) is 2.77. The van der Waals surface area contributed by atoms with Crippen molar-refractivity contribution in [2.75, 3.05) is 38.1 Å². The number of rotatable bonds is 6. The van der Waals surface area contributed by atoms with Crippen molar-refractivity contribution in [3.05, 3.63) is 24.3 Å². The van der Waals surface area contributed by atoms with Crippen molar-refractivity contribution in [1.82, 2.24) is 9.80 Å². The molecule has 1 aromatic carbocycles. The Morgan fingerprint density at radius 3 is 2.43 bits per heavy atom. The van der Waals surface area contributed by atoms with E-state index < -0.39 is 6.61 Å². The fourth-order valence-electron chi connectivity index (χ4n) is 3.44. The molecule has 0 spiro atoms. The van der Waals surface area contributed by atoms with E-state index in [4.69, 9.17) is 4.74 Å². The molecule has 0 saturated carbocycles. The van der Waals surface area contributed by atoms with Gasteiger partial charge in [0, 0.05) is 38.5 Å². The molecule has 2 amide bonds. The van der Waals surface area contributed by atoms with Crippen molar-refractivity contribution >= 4 is 17.5 Å². The predicted molar refractivity (Wildman–Crippen MR) is 98.3 cm³/mol. The van der Waals surface area contributed by atoms with Crippen LogP contribution < -0.4 is 10.1 Å². The van der Waals surface area contributed by atoms with Gasteiger partial charge in [-0.15, -0.1) is 0 Å². The lowest BCUT2D eigenvalue weighted by atomic mass is 10.1. The van der Waals surface area contributed by atoms with Crippen LogP contribution >= 0.6 is 0 Å². The van der Waals surface area contributed by atoms with Crippen LogP contribution in [-0.4, -0.2) is 73.2 Å². The Kier molecular flexibility index (Phi) is 6.79. The monoisotopic (exact) mass is 397 g/mol. The van der Waals surface area contributed by atoms with E-state index in [1.54, 1.807) is 11.8 Å². The molecule has 2 unspecified atom stereocenters. The van der Waals surface area contributed by atoms with Crippen LogP contribution in [-0.2, 0) is 14.3 Å². The van der Waals surface area contributed by atoms with Crippen LogP contribution in [0.5, 0.6) is 5.75 Å². The number of carbonyl (C=O) groups excluding carboxylic acids is 2. The van der Waals surface area contributed by atoms with Gasteiger partial charge in [0.1, 0.15) is 11.9 Å². The number of anilines is 1. The van der Waals surface area contributed by atoms with E-state index in [1.165, 1.54) is 24.3 Å². The minimum atomic E-state index is -2.88. The molecule has 154 valence electrons. The zero-order valence-electron chi connectivity index (χ0n) is 15.8. The number of alkyl halides is 2. The molecule has 1 aromatic rings. The number of benzene rings is 1. The molecule has 2 saturated heterocycles. The number of nitrogens with zero attached hydrogens (tertiary/aromatic N) is 2. The van der Waals surface area contributed by atoms with E-state index in [0.29, 0.717) is 38.5 Å². The zero-order valence-corrected chi connectivity index (χ0v) is 15.8. The number of piperazine rings is 1. The first-order chi connectivity index (χ1) is 13.4. The van der Waals surface area contributed by atoms with Gasteiger partial charge in [-0.2, -0.15) is 8.78 Å². The molecule has 0 bridgehead atoms. The second-order valence-corrected chi connectivity index (χ2v) is 6.93. The van der Waals surface area contributed by atoms with Crippen LogP contribution in [0.2, 0.25) is 0 Å². The third-order valence-electron chi connectivity index (χ3n) is 5.11. The van der Waals surface area contributed by atoms with Gasteiger partial charge in [0.05, 0.1) is 6.04 Å². The van der Waals surface area contributed by atoms with Crippen LogP contribution in [0, 0.1) is 0 Å². The number of hydrogen-bond donors (Lipinski definition) is 1. The number of carbonyl (C=O) groups is 2. The molecule has 2 aliphatic heterocycles. The molecule has 28 heavy (non-hydrogen) atoms. The van der Waals surface area contributed by atoms with E-state index >= 15 is 0 Å². The molecule has 0 aliphatic carbocycles. The molecule has 7 nitrogen and oxygen atoms in total. The maximum absolute atomic E-state index is 12.5. The summed E-state index contributed by atoms with van der Waals surface area (Å²) in [7, 11) is 0. The molecule has 2 fully saturated rings. The summed E-state index contributed by atoms with van der Waals surface area (Å²) in [6.45, 7) is 1.91. The van der Waals surface area contributed by atoms with E-state index in [-0.39, 0.29) is 29.7 Å². The van der Waals surface area contributed by atoms with Gasteiger partial charge < -0.3 is 19.7 Å². The smallest absolute Gasteiger partial charge is 0.387 e. The first kappa shape index (κ1) is 20.5. The number of halogens is 2. The average Bonchev–Trinajstić information content (AvgIpc) is 3.23. The summed E-state index contributed by atoms with van der Waals surface area (Å²) in [4.78, 5) is 28.7. The van der Waals surface area contributed by atoms with Crippen LogP contribution in [0.4, 0.5) is 14.5 Å². The maximum atomic E-state index is 12.5. The minimum absolute atomic E-state index is 0.0353. The largest absolute Gasteiger partial charge is 0.435 e. The number of nitrogens with one attached hydrogen (secondary N) is 1. The summed E-state index contributed by atoms with van der Waals surface area (Å²) in [6.07, 6.45) is 1.38. The quantitative estimate of drug-likeness (QED) is 0.795. The van der Waals surface area contributed by atoms with E-state index in [1.807, 2.05) is 4.90 Å². The molecular formula is C19H25F2N3O4. The normalized spacial score (nSPS) is 21.6. The fraction of sp³-hybridized carbons (Fsp3) is 0.579. The van der Waals surface area contributed by atoms with Crippen LogP contribution in [0.1, 0.15) is 19.8 Å².